The molecule has 1 aromatic rings. The van der Waals surface area contributed by atoms with Crippen molar-refractivity contribution in [3.8, 4) is 0 Å². The summed E-state index contributed by atoms with van der Waals surface area (Å²) in [5.74, 6) is 0.671. The van der Waals surface area contributed by atoms with E-state index in [4.69, 9.17) is 4.74 Å². The number of benzene rings is 1. The molecule has 132 valence electrons. The van der Waals surface area contributed by atoms with Gasteiger partial charge in [0, 0.05) is 13.1 Å². The zero-order chi connectivity index (χ0) is 17.5. The van der Waals surface area contributed by atoms with Crippen LogP contribution in [0.25, 0.3) is 0 Å². The third-order valence-corrected chi connectivity index (χ3v) is 4.51. The molecule has 0 bridgehead atoms. The second kappa shape index (κ2) is 8.71. The minimum Gasteiger partial charge on any atom is -0.445 e. The van der Waals surface area contributed by atoms with Crippen LogP contribution in [-0.2, 0) is 16.1 Å². The minimum atomic E-state index is -0.545. The van der Waals surface area contributed by atoms with Crippen LogP contribution >= 0.6 is 0 Å². The monoisotopic (exact) mass is 332 g/mol. The highest BCUT2D eigenvalue weighted by Gasteiger charge is 2.30. The molecule has 0 saturated carbocycles. The van der Waals surface area contributed by atoms with Gasteiger partial charge in [0.1, 0.15) is 12.6 Å². The highest BCUT2D eigenvalue weighted by Crippen LogP contribution is 2.18. The van der Waals surface area contributed by atoms with Crippen molar-refractivity contribution in [3.63, 3.8) is 0 Å². The molecule has 0 radical (unpaired) electrons. The highest BCUT2D eigenvalue weighted by atomic mass is 16.5. The van der Waals surface area contributed by atoms with E-state index in [0.717, 1.165) is 31.5 Å². The van der Waals surface area contributed by atoms with Crippen molar-refractivity contribution >= 4 is 12.0 Å². The molecule has 24 heavy (non-hydrogen) atoms. The molecule has 1 aliphatic heterocycles. The van der Waals surface area contributed by atoms with Crippen molar-refractivity contribution in [2.45, 2.75) is 46.3 Å². The summed E-state index contributed by atoms with van der Waals surface area (Å²) in [6, 6.07) is 8.96. The lowest BCUT2D eigenvalue weighted by Crippen LogP contribution is -2.53. The predicted molar refractivity (Wildman–Crippen MR) is 93.4 cm³/mol. The largest absolute Gasteiger partial charge is 0.445 e. The molecule has 0 spiro atoms. The molecule has 1 saturated heterocycles. The molecule has 5 nitrogen and oxygen atoms in total. The fourth-order valence-electron chi connectivity index (χ4n) is 2.83. The van der Waals surface area contributed by atoms with E-state index in [1.165, 1.54) is 0 Å². The summed E-state index contributed by atoms with van der Waals surface area (Å²) in [7, 11) is 0. The Morgan fingerprint density at radius 1 is 1.21 bits per heavy atom. The number of alkyl carbamates (subject to hydrolysis) is 1. The van der Waals surface area contributed by atoms with Gasteiger partial charge in [-0.15, -0.1) is 0 Å². The van der Waals surface area contributed by atoms with Gasteiger partial charge in [-0.3, -0.25) is 4.79 Å². The molecule has 1 heterocycles. The minimum absolute atomic E-state index is 0.00596. The van der Waals surface area contributed by atoms with Gasteiger partial charge in [0.05, 0.1) is 0 Å². The number of carbonyl (C=O) groups excluding carboxylic acids is 2. The maximum atomic E-state index is 12.7. The Morgan fingerprint density at radius 2 is 1.83 bits per heavy atom. The summed E-state index contributed by atoms with van der Waals surface area (Å²) < 4.78 is 5.24. The van der Waals surface area contributed by atoms with Gasteiger partial charge < -0.3 is 15.0 Å². The average Bonchev–Trinajstić information content (AvgIpc) is 2.58. The first-order valence-corrected chi connectivity index (χ1v) is 8.73. The first-order chi connectivity index (χ1) is 11.5. The third-order valence-electron chi connectivity index (χ3n) is 4.51. The van der Waals surface area contributed by atoms with Gasteiger partial charge in [-0.1, -0.05) is 51.1 Å². The maximum Gasteiger partial charge on any atom is 0.408 e. The van der Waals surface area contributed by atoms with Crippen LogP contribution in [0.2, 0.25) is 0 Å². The van der Waals surface area contributed by atoms with Crippen LogP contribution in [0, 0.1) is 11.8 Å². The van der Waals surface area contributed by atoms with Gasteiger partial charge in [0.25, 0.3) is 0 Å². The predicted octanol–water partition coefficient (Wildman–Crippen LogP) is 3.20. The molecule has 5 heteroatoms. The Kier molecular flexibility index (Phi) is 6.64. The second-order valence-electron chi connectivity index (χ2n) is 6.94. The second-order valence-corrected chi connectivity index (χ2v) is 6.94. The van der Waals surface area contributed by atoms with Gasteiger partial charge in [-0.05, 0) is 30.2 Å². The zero-order valence-corrected chi connectivity index (χ0v) is 14.8. The fraction of sp³-hybridized carbons (Fsp3) is 0.579. The number of piperidine rings is 1. The summed E-state index contributed by atoms with van der Waals surface area (Å²) in [5, 5.41) is 2.74. The zero-order valence-electron chi connectivity index (χ0n) is 14.8. The molecular weight excluding hydrogens is 304 g/mol. The Bertz CT molecular complexity index is 537. The Labute approximate surface area is 144 Å². The Morgan fingerprint density at radius 3 is 2.42 bits per heavy atom. The number of hydrogen-bond donors (Lipinski definition) is 1. The van der Waals surface area contributed by atoms with Crippen molar-refractivity contribution in [1.29, 1.82) is 0 Å². The Balaban J connectivity index is 1.88. The van der Waals surface area contributed by atoms with Crippen LogP contribution < -0.4 is 5.32 Å². The van der Waals surface area contributed by atoms with Crippen LogP contribution in [0.3, 0.4) is 0 Å². The fourth-order valence-corrected chi connectivity index (χ4v) is 2.83. The van der Waals surface area contributed by atoms with E-state index in [1.54, 1.807) is 0 Å². The van der Waals surface area contributed by atoms with Gasteiger partial charge in [0.2, 0.25) is 5.91 Å². The molecule has 1 fully saturated rings. The van der Waals surface area contributed by atoms with Crippen LogP contribution in [0.15, 0.2) is 30.3 Å². The first kappa shape index (κ1) is 18.3. The number of likely N-dealkylation sites (tertiary alicyclic amines) is 1. The standard InChI is InChI=1S/C19H28N2O3/c1-14(2)17(18(22)21-11-9-15(3)10-12-21)20-19(23)24-13-16-7-5-4-6-8-16/h4-8,14-15,17H,9-13H2,1-3H3,(H,20,23). The molecule has 1 atom stereocenters. The summed E-state index contributed by atoms with van der Waals surface area (Å²) in [6.45, 7) is 7.82. The van der Waals surface area contributed by atoms with Crippen molar-refractivity contribution in [2.24, 2.45) is 11.8 Å². The van der Waals surface area contributed by atoms with E-state index in [9.17, 15) is 9.59 Å². The quantitative estimate of drug-likeness (QED) is 0.901. The lowest BCUT2D eigenvalue weighted by Gasteiger charge is -2.34. The van der Waals surface area contributed by atoms with E-state index in [0.29, 0.717) is 5.92 Å². The van der Waals surface area contributed by atoms with Gasteiger partial charge in [-0.25, -0.2) is 4.79 Å². The van der Waals surface area contributed by atoms with Gasteiger partial charge in [-0.2, -0.15) is 0 Å². The van der Waals surface area contributed by atoms with E-state index >= 15 is 0 Å². The number of carbonyl (C=O) groups is 2. The van der Waals surface area contributed by atoms with E-state index in [2.05, 4.69) is 12.2 Å². The smallest absolute Gasteiger partial charge is 0.408 e. The lowest BCUT2D eigenvalue weighted by molar-refractivity contribution is -0.135. The van der Waals surface area contributed by atoms with E-state index in [1.807, 2.05) is 49.1 Å². The normalized spacial score (nSPS) is 16.8. The van der Waals surface area contributed by atoms with E-state index in [-0.39, 0.29) is 18.4 Å². The number of rotatable bonds is 5. The highest BCUT2D eigenvalue weighted by molar-refractivity contribution is 5.86. The van der Waals surface area contributed by atoms with E-state index < -0.39 is 12.1 Å². The van der Waals surface area contributed by atoms with Crippen molar-refractivity contribution in [1.82, 2.24) is 10.2 Å². The molecule has 0 aliphatic carbocycles. The molecule has 1 unspecified atom stereocenters. The number of amides is 2. The molecule has 2 amide bonds. The molecule has 1 aromatic carbocycles. The molecule has 2 rings (SSSR count). The molecular formula is C19H28N2O3. The number of ether oxygens (including phenoxy) is 1. The van der Waals surface area contributed by atoms with Crippen LogP contribution in [0.4, 0.5) is 4.79 Å². The topological polar surface area (TPSA) is 58.6 Å². The van der Waals surface area contributed by atoms with Crippen LogP contribution in [0.5, 0.6) is 0 Å². The van der Waals surface area contributed by atoms with Crippen LogP contribution in [-0.4, -0.2) is 36.0 Å². The third kappa shape index (κ3) is 5.25. The van der Waals surface area contributed by atoms with Gasteiger partial charge >= 0.3 is 6.09 Å². The molecule has 1 aliphatic rings. The van der Waals surface area contributed by atoms with Crippen molar-refractivity contribution in [3.05, 3.63) is 35.9 Å². The maximum absolute atomic E-state index is 12.7. The van der Waals surface area contributed by atoms with Gasteiger partial charge in [0.15, 0.2) is 0 Å². The summed E-state index contributed by atoms with van der Waals surface area (Å²) in [6.07, 6.45) is 1.50. The molecule has 1 N–H and O–H groups in total. The van der Waals surface area contributed by atoms with Crippen molar-refractivity contribution in [2.75, 3.05) is 13.1 Å². The SMILES string of the molecule is CC1CCN(C(=O)C(NC(=O)OCc2ccccc2)C(C)C)CC1. The number of nitrogens with one attached hydrogen (secondary N) is 1. The molecule has 0 aromatic heterocycles. The van der Waals surface area contributed by atoms with Crippen LogP contribution in [0.1, 0.15) is 39.2 Å². The number of hydrogen-bond acceptors (Lipinski definition) is 3. The Hall–Kier alpha value is -2.04. The average molecular weight is 332 g/mol. The lowest BCUT2D eigenvalue weighted by atomic mass is 9.97. The summed E-state index contributed by atoms with van der Waals surface area (Å²) in [5.41, 5.74) is 0.921. The summed E-state index contributed by atoms with van der Waals surface area (Å²) in [4.78, 5) is 26.6. The first-order valence-electron chi connectivity index (χ1n) is 8.73. The summed E-state index contributed by atoms with van der Waals surface area (Å²) >= 11 is 0. The van der Waals surface area contributed by atoms with Crippen molar-refractivity contribution < 1.29 is 14.3 Å². The number of nitrogens with zero attached hydrogens (tertiary/aromatic N) is 1.